The number of nitrogens with zero attached hydrogens (tertiary/aromatic N) is 3. The average molecular weight is 246 g/mol. The summed E-state index contributed by atoms with van der Waals surface area (Å²) in [6, 6.07) is 6.96. The van der Waals surface area contributed by atoms with Crippen LogP contribution in [-0.4, -0.2) is 9.97 Å². The van der Waals surface area contributed by atoms with E-state index in [4.69, 9.17) is 22.6 Å². The topological polar surface area (TPSA) is 87.6 Å². The molecule has 0 aliphatic rings. The Morgan fingerprint density at radius 3 is 2.71 bits per heavy atom. The van der Waals surface area contributed by atoms with Crippen LogP contribution in [0.3, 0.4) is 0 Å². The lowest BCUT2D eigenvalue weighted by atomic mass is 10.2. The Morgan fingerprint density at radius 1 is 1.29 bits per heavy atom. The van der Waals surface area contributed by atoms with Crippen molar-refractivity contribution in [2.75, 3.05) is 11.1 Å². The second-order valence-corrected chi connectivity index (χ2v) is 3.63. The molecule has 0 bridgehead atoms. The molecule has 84 valence electrons. The molecule has 0 radical (unpaired) electrons. The molecule has 0 fully saturated rings. The third-order valence-corrected chi connectivity index (χ3v) is 2.39. The summed E-state index contributed by atoms with van der Waals surface area (Å²) in [5.41, 5.74) is 6.76. The van der Waals surface area contributed by atoms with Gasteiger partial charge in [-0.15, -0.1) is 0 Å². The van der Waals surface area contributed by atoms with Crippen LogP contribution in [0.1, 0.15) is 5.56 Å². The van der Waals surface area contributed by atoms with Crippen molar-refractivity contribution in [3.63, 3.8) is 0 Å². The smallest absolute Gasteiger partial charge is 0.173 e. The van der Waals surface area contributed by atoms with Crippen molar-refractivity contribution >= 4 is 28.9 Å². The molecule has 17 heavy (non-hydrogen) atoms. The van der Waals surface area contributed by atoms with Crippen LogP contribution in [0.25, 0.3) is 0 Å². The summed E-state index contributed by atoms with van der Waals surface area (Å²) in [6.45, 7) is 0. The highest BCUT2D eigenvalue weighted by Gasteiger charge is 2.04. The fourth-order valence-corrected chi connectivity index (χ4v) is 1.49. The second kappa shape index (κ2) is 4.68. The summed E-state index contributed by atoms with van der Waals surface area (Å²) in [5, 5.41) is 12.1. The molecule has 0 saturated heterocycles. The number of nitrogens with one attached hydrogen (secondary N) is 1. The van der Waals surface area contributed by atoms with Crippen LogP contribution in [0.4, 0.5) is 17.3 Å². The van der Waals surface area contributed by atoms with Gasteiger partial charge in [0.15, 0.2) is 11.6 Å². The fraction of sp³-hybridized carbons (Fsp3) is 0. The second-order valence-electron chi connectivity index (χ2n) is 3.22. The number of nitrogen functional groups attached to an aromatic ring is 1. The molecule has 3 N–H and O–H groups in total. The number of benzene rings is 1. The zero-order chi connectivity index (χ0) is 12.3. The van der Waals surface area contributed by atoms with E-state index in [0.29, 0.717) is 27.9 Å². The summed E-state index contributed by atoms with van der Waals surface area (Å²) in [4.78, 5) is 7.94. The van der Waals surface area contributed by atoms with Gasteiger partial charge in [-0.05, 0) is 18.2 Å². The number of hydrogen-bond donors (Lipinski definition) is 2. The Balaban J connectivity index is 2.29. The highest BCUT2D eigenvalue weighted by molar-refractivity contribution is 6.32. The molecule has 0 atom stereocenters. The van der Waals surface area contributed by atoms with Crippen molar-refractivity contribution in [3.8, 4) is 6.07 Å². The minimum atomic E-state index is 0.299. The van der Waals surface area contributed by atoms with E-state index in [1.807, 2.05) is 6.07 Å². The summed E-state index contributed by atoms with van der Waals surface area (Å²) >= 11 is 5.91. The highest BCUT2D eigenvalue weighted by atomic mass is 35.5. The number of rotatable bonds is 2. The Kier molecular flexibility index (Phi) is 3.08. The van der Waals surface area contributed by atoms with Gasteiger partial charge < -0.3 is 11.1 Å². The predicted molar refractivity (Wildman–Crippen MR) is 65.9 cm³/mol. The maximum absolute atomic E-state index is 8.75. The van der Waals surface area contributed by atoms with E-state index in [1.165, 1.54) is 12.4 Å². The number of aromatic nitrogens is 2. The highest BCUT2D eigenvalue weighted by Crippen LogP contribution is 2.23. The SMILES string of the molecule is N#Cc1ccc(Nc2nccnc2N)cc1Cl. The first-order chi connectivity index (χ1) is 8.20. The minimum Gasteiger partial charge on any atom is -0.381 e. The van der Waals surface area contributed by atoms with Gasteiger partial charge in [-0.1, -0.05) is 11.6 Å². The number of nitrogens with two attached hydrogens (primary N) is 1. The molecule has 2 rings (SSSR count). The molecule has 1 heterocycles. The lowest BCUT2D eigenvalue weighted by molar-refractivity contribution is 1.21. The first-order valence-electron chi connectivity index (χ1n) is 4.74. The molecular formula is C11H8ClN5. The van der Waals surface area contributed by atoms with E-state index in [0.717, 1.165) is 0 Å². The number of hydrogen-bond acceptors (Lipinski definition) is 5. The van der Waals surface area contributed by atoms with Crippen LogP contribution >= 0.6 is 11.6 Å². The largest absolute Gasteiger partial charge is 0.381 e. The van der Waals surface area contributed by atoms with Crippen LogP contribution in [0.2, 0.25) is 5.02 Å². The first-order valence-corrected chi connectivity index (χ1v) is 5.11. The van der Waals surface area contributed by atoms with Gasteiger partial charge in [0, 0.05) is 18.1 Å². The number of nitriles is 1. The Labute approximate surface area is 103 Å². The molecule has 1 aromatic carbocycles. The average Bonchev–Trinajstić information content (AvgIpc) is 2.32. The number of anilines is 3. The van der Waals surface area contributed by atoms with E-state index < -0.39 is 0 Å². The molecule has 0 saturated carbocycles. The molecule has 2 aromatic rings. The third kappa shape index (κ3) is 2.44. The van der Waals surface area contributed by atoms with Crippen molar-refractivity contribution in [2.24, 2.45) is 0 Å². The van der Waals surface area contributed by atoms with Crippen molar-refractivity contribution in [1.82, 2.24) is 9.97 Å². The molecule has 0 spiro atoms. The van der Waals surface area contributed by atoms with Gasteiger partial charge in [-0.3, -0.25) is 0 Å². The van der Waals surface area contributed by atoms with Gasteiger partial charge in [0.25, 0.3) is 0 Å². The summed E-state index contributed by atoms with van der Waals surface area (Å²) in [6.07, 6.45) is 3.04. The Hall–Kier alpha value is -2.32. The Morgan fingerprint density at radius 2 is 2.06 bits per heavy atom. The van der Waals surface area contributed by atoms with Gasteiger partial charge in [0.2, 0.25) is 0 Å². The van der Waals surface area contributed by atoms with E-state index >= 15 is 0 Å². The van der Waals surface area contributed by atoms with E-state index in [9.17, 15) is 0 Å². The minimum absolute atomic E-state index is 0.299. The lowest BCUT2D eigenvalue weighted by Gasteiger charge is -2.07. The first kappa shape index (κ1) is 11.2. The number of halogens is 1. The van der Waals surface area contributed by atoms with Gasteiger partial charge in [-0.25, -0.2) is 9.97 Å². The van der Waals surface area contributed by atoms with Gasteiger partial charge in [0.1, 0.15) is 6.07 Å². The van der Waals surface area contributed by atoms with Crippen LogP contribution in [0.15, 0.2) is 30.6 Å². The van der Waals surface area contributed by atoms with Crippen molar-refractivity contribution < 1.29 is 0 Å². The quantitative estimate of drug-likeness (QED) is 0.848. The zero-order valence-corrected chi connectivity index (χ0v) is 9.44. The van der Waals surface area contributed by atoms with Crippen LogP contribution in [0, 0.1) is 11.3 Å². The van der Waals surface area contributed by atoms with Crippen LogP contribution in [-0.2, 0) is 0 Å². The molecule has 0 aliphatic heterocycles. The fourth-order valence-electron chi connectivity index (χ4n) is 1.27. The standard InChI is InChI=1S/C11H8ClN5/c12-9-5-8(2-1-7(9)6-13)17-11-10(14)15-3-4-16-11/h1-5H,(H2,14,15)(H,16,17). The Bertz CT molecular complexity index is 591. The molecule has 5 nitrogen and oxygen atoms in total. The molecule has 1 aromatic heterocycles. The van der Waals surface area contributed by atoms with Crippen LogP contribution < -0.4 is 11.1 Å². The van der Waals surface area contributed by atoms with Crippen molar-refractivity contribution in [1.29, 1.82) is 5.26 Å². The maximum Gasteiger partial charge on any atom is 0.173 e. The third-order valence-electron chi connectivity index (χ3n) is 2.08. The summed E-state index contributed by atoms with van der Waals surface area (Å²) in [5.74, 6) is 0.751. The summed E-state index contributed by atoms with van der Waals surface area (Å²) < 4.78 is 0. The van der Waals surface area contributed by atoms with E-state index in [1.54, 1.807) is 18.2 Å². The van der Waals surface area contributed by atoms with Crippen molar-refractivity contribution in [3.05, 3.63) is 41.2 Å². The van der Waals surface area contributed by atoms with E-state index in [-0.39, 0.29) is 0 Å². The van der Waals surface area contributed by atoms with E-state index in [2.05, 4.69) is 15.3 Å². The predicted octanol–water partition coefficient (Wildman–Crippen LogP) is 2.33. The van der Waals surface area contributed by atoms with Gasteiger partial charge in [-0.2, -0.15) is 5.26 Å². The molecule has 0 unspecified atom stereocenters. The normalized spacial score (nSPS) is 9.65. The molecule has 0 amide bonds. The monoisotopic (exact) mass is 245 g/mol. The van der Waals surface area contributed by atoms with Crippen LogP contribution in [0.5, 0.6) is 0 Å². The molecule has 6 heteroatoms. The molecular weight excluding hydrogens is 238 g/mol. The van der Waals surface area contributed by atoms with Gasteiger partial charge in [0.05, 0.1) is 10.6 Å². The summed E-state index contributed by atoms with van der Waals surface area (Å²) in [7, 11) is 0. The zero-order valence-electron chi connectivity index (χ0n) is 8.68. The lowest BCUT2D eigenvalue weighted by Crippen LogP contribution is -2.00. The maximum atomic E-state index is 8.75. The molecule has 0 aliphatic carbocycles. The van der Waals surface area contributed by atoms with Gasteiger partial charge >= 0.3 is 0 Å². The van der Waals surface area contributed by atoms with Crippen molar-refractivity contribution in [2.45, 2.75) is 0 Å².